The van der Waals surface area contributed by atoms with E-state index in [1.165, 1.54) is 231 Å². The monoisotopic (exact) mass is 828 g/mol. The molecule has 0 aliphatic carbocycles. The molecule has 0 saturated heterocycles. The Morgan fingerprint density at radius 1 is 0.404 bits per heavy atom. The Kier molecular flexibility index (Phi) is 44.4. The van der Waals surface area contributed by atoms with Gasteiger partial charge in [-0.2, -0.15) is 8.42 Å². The van der Waals surface area contributed by atoms with E-state index in [-0.39, 0.29) is 5.91 Å². The highest BCUT2D eigenvalue weighted by atomic mass is 32.2. The van der Waals surface area contributed by atoms with Crippen LogP contribution in [-0.2, 0) is 14.9 Å². The molecule has 0 bridgehead atoms. The van der Waals surface area contributed by atoms with Crippen molar-refractivity contribution in [3.63, 3.8) is 0 Å². The van der Waals surface area contributed by atoms with Crippen LogP contribution in [0.15, 0.2) is 0 Å². The number of rotatable bonds is 48. The van der Waals surface area contributed by atoms with Gasteiger partial charge < -0.3 is 10.4 Å². The number of carbonyl (C=O) groups excluding carboxylic acids is 1. The summed E-state index contributed by atoms with van der Waals surface area (Å²) in [6.45, 7) is 4.57. The summed E-state index contributed by atoms with van der Waals surface area (Å²) in [4.78, 5) is 12.6. The fraction of sp³-hybridized carbons (Fsp3) is 0.980. The van der Waals surface area contributed by atoms with Gasteiger partial charge in [0.1, 0.15) is 0 Å². The molecule has 0 saturated carbocycles. The second kappa shape index (κ2) is 44.9. The summed E-state index contributed by atoms with van der Waals surface area (Å²) in [6.07, 6.45) is 55.0. The molecule has 0 aromatic heterocycles. The van der Waals surface area contributed by atoms with Crippen molar-refractivity contribution in [2.75, 3.05) is 5.75 Å². The molecule has 2 atom stereocenters. The van der Waals surface area contributed by atoms with Crippen LogP contribution >= 0.6 is 0 Å². The average molecular weight is 828 g/mol. The molecule has 0 spiro atoms. The molecule has 3 N–H and O–H groups in total. The summed E-state index contributed by atoms with van der Waals surface area (Å²) >= 11 is 0. The Morgan fingerprint density at radius 2 is 0.632 bits per heavy atom. The average Bonchev–Trinajstić information content (AvgIpc) is 3.18. The smallest absolute Gasteiger partial charge is 0.266 e. The third-order valence-electron chi connectivity index (χ3n) is 12.3. The predicted octanol–water partition coefficient (Wildman–Crippen LogP) is 15.9. The third-order valence-corrected chi connectivity index (χ3v) is 13.1. The zero-order valence-corrected chi connectivity index (χ0v) is 39.3. The highest BCUT2D eigenvalue weighted by Gasteiger charge is 2.26. The van der Waals surface area contributed by atoms with Gasteiger partial charge in [-0.3, -0.25) is 9.35 Å². The molecule has 57 heavy (non-hydrogen) atoms. The minimum absolute atomic E-state index is 0.237. The van der Waals surface area contributed by atoms with E-state index in [0.29, 0.717) is 12.8 Å². The normalized spacial score (nSPS) is 13.0. The fourth-order valence-corrected chi connectivity index (χ4v) is 9.22. The van der Waals surface area contributed by atoms with Crippen LogP contribution in [0.2, 0.25) is 0 Å². The van der Waals surface area contributed by atoms with Gasteiger partial charge in [0.05, 0.1) is 17.9 Å². The number of carbonyl (C=O) groups is 1. The lowest BCUT2D eigenvalue weighted by atomic mass is 10.0. The van der Waals surface area contributed by atoms with E-state index in [1.54, 1.807) is 0 Å². The third kappa shape index (κ3) is 46.3. The molecule has 7 heteroatoms. The van der Waals surface area contributed by atoms with E-state index >= 15 is 0 Å². The van der Waals surface area contributed by atoms with Crippen molar-refractivity contribution in [3.8, 4) is 0 Å². The Labute approximate surface area is 357 Å². The second-order valence-corrected chi connectivity index (χ2v) is 19.7. The Morgan fingerprint density at radius 3 is 0.877 bits per heavy atom. The van der Waals surface area contributed by atoms with Gasteiger partial charge in [0.15, 0.2) is 0 Å². The van der Waals surface area contributed by atoms with Crippen LogP contribution in [0.1, 0.15) is 296 Å². The SMILES string of the molecule is CCCCCCCCCCCCCCCCCCCCCCCCC(=O)NC(CS(=O)(=O)O)C(O)CCCCCCCCCCCCCCCCCCCCCC. The molecule has 0 fully saturated rings. The van der Waals surface area contributed by atoms with Gasteiger partial charge in [0, 0.05) is 6.42 Å². The summed E-state index contributed by atoms with van der Waals surface area (Å²) in [6, 6.07) is -0.965. The molecule has 1 amide bonds. The summed E-state index contributed by atoms with van der Waals surface area (Å²) in [5, 5.41) is 13.5. The van der Waals surface area contributed by atoms with E-state index in [9.17, 15) is 22.9 Å². The first-order valence-corrected chi connectivity index (χ1v) is 27.3. The number of hydrogen-bond donors (Lipinski definition) is 3. The zero-order valence-electron chi connectivity index (χ0n) is 38.5. The first-order chi connectivity index (χ1) is 27.8. The number of amides is 1. The molecule has 342 valence electrons. The number of aliphatic hydroxyl groups excluding tert-OH is 1. The van der Waals surface area contributed by atoms with Gasteiger partial charge >= 0.3 is 0 Å². The molecule has 2 unspecified atom stereocenters. The molecule has 0 aromatic carbocycles. The van der Waals surface area contributed by atoms with E-state index in [0.717, 1.165) is 38.5 Å². The molecule has 0 rings (SSSR count). The molecule has 0 aliphatic heterocycles. The Bertz CT molecular complexity index is 912. The van der Waals surface area contributed by atoms with Crippen molar-refractivity contribution >= 4 is 16.0 Å². The predicted molar refractivity (Wildman–Crippen MR) is 249 cm³/mol. The molecular formula is C50H101NO5S. The second-order valence-electron chi connectivity index (χ2n) is 18.2. The van der Waals surface area contributed by atoms with Gasteiger partial charge in [0.25, 0.3) is 10.1 Å². The topological polar surface area (TPSA) is 104 Å². The van der Waals surface area contributed by atoms with Crippen LogP contribution in [0.3, 0.4) is 0 Å². The highest BCUT2D eigenvalue weighted by molar-refractivity contribution is 7.85. The van der Waals surface area contributed by atoms with Gasteiger partial charge in [0.2, 0.25) is 5.91 Å². The quantitative estimate of drug-likeness (QED) is 0.0419. The van der Waals surface area contributed by atoms with Crippen LogP contribution in [0.25, 0.3) is 0 Å². The van der Waals surface area contributed by atoms with E-state index in [1.807, 2.05) is 0 Å². The fourth-order valence-electron chi connectivity index (χ4n) is 8.46. The zero-order chi connectivity index (χ0) is 41.8. The number of nitrogens with one attached hydrogen (secondary N) is 1. The first-order valence-electron chi connectivity index (χ1n) is 25.7. The van der Waals surface area contributed by atoms with Crippen molar-refractivity contribution in [2.45, 2.75) is 309 Å². The lowest BCUT2D eigenvalue weighted by Crippen LogP contribution is -2.47. The lowest BCUT2D eigenvalue weighted by Gasteiger charge is -2.23. The number of unbranched alkanes of at least 4 members (excludes halogenated alkanes) is 40. The van der Waals surface area contributed by atoms with Crippen LogP contribution in [0, 0.1) is 0 Å². The van der Waals surface area contributed by atoms with Crippen LogP contribution < -0.4 is 5.32 Å². The maximum atomic E-state index is 12.6. The van der Waals surface area contributed by atoms with Crippen molar-refractivity contribution < 1.29 is 22.9 Å². The van der Waals surface area contributed by atoms with Crippen LogP contribution in [-0.4, -0.2) is 41.9 Å². The molecular weight excluding hydrogens is 727 g/mol. The van der Waals surface area contributed by atoms with E-state index in [4.69, 9.17) is 0 Å². The van der Waals surface area contributed by atoms with Crippen molar-refractivity contribution in [1.82, 2.24) is 5.32 Å². The van der Waals surface area contributed by atoms with Crippen molar-refractivity contribution in [3.05, 3.63) is 0 Å². The minimum atomic E-state index is -4.31. The summed E-state index contributed by atoms with van der Waals surface area (Å²) in [7, 11) is -4.31. The molecule has 0 heterocycles. The largest absolute Gasteiger partial charge is 0.391 e. The maximum Gasteiger partial charge on any atom is 0.266 e. The molecule has 0 aliphatic rings. The molecule has 0 aromatic rings. The summed E-state index contributed by atoms with van der Waals surface area (Å²) in [5.41, 5.74) is 0. The van der Waals surface area contributed by atoms with Crippen LogP contribution in [0.5, 0.6) is 0 Å². The minimum Gasteiger partial charge on any atom is -0.391 e. The Hall–Kier alpha value is -0.660. The standard InChI is InChI=1S/C50H101NO5S/c1-3-5-7-9-11-13-15-17-19-21-23-25-26-28-30-32-34-36-38-40-42-44-46-50(53)51-48(47-57(54,55)56)49(52)45-43-41-39-37-35-33-31-29-27-24-22-20-18-16-14-12-10-8-6-4-2/h48-49,52H,3-47H2,1-2H3,(H,51,53)(H,54,55,56). The van der Waals surface area contributed by atoms with Gasteiger partial charge in [-0.15, -0.1) is 0 Å². The van der Waals surface area contributed by atoms with Crippen LogP contribution in [0.4, 0.5) is 0 Å². The van der Waals surface area contributed by atoms with Gasteiger partial charge in [-0.25, -0.2) is 0 Å². The number of hydrogen-bond acceptors (Lipinski definition) is 4. The first kappa shape index (κ1) is 56.3. The lowest BCUT2D eigenvalue weighted by molar-refractivity contribution is -0.122. The van der Waals surface area contributed by atoms with Crippen molar-refractivity contribution in [1.29, 1.82) is 0 Å². The van der Waals surface area contributed by atoms with Gasteiger partial charge in [-0.1, -0.05) is 277 Å². The number of aliphatic hydroxyl groups is 1. The Balaban J connectivity index is 3.70. The van der Waals surface area contributed by atoms with Crippen molar-refractivity contribution in [2.24, 2.45) is 0 Å². The van der Waals surface area contributed by atoms with E-state index < -0.39 is 28.0 Å². The molecule has 0 radical (unpaired) electrons. The summed E-state index contributed by atoms with van der Waals surface area (Å²) in [5.74, 6) is -0.877. The molecule has 6 nitrogen and oxygen atoms in total. The van der Waals surface area contributed by atoms with E-state index in [2.05, 4.69) is 19.2 Å². The highest BCUT2D eigenvalue weighted by Crippen LogP contribution is 2.18. The van der Waals surface area contributed by atoms with Gasteiger partial charge in [-0.05, 0) is 12.8 Å². The maximum absolute atomic E-state index is 12.6. The summed E-state index contributed by atoms with van der Waals surface area (Å²) < 4.78 is 32.7.